The Labute approximate surface area is 237 Å². The molecule has 2 aromatic carbocycles. The topological polar surface area (TPSA) is 116 Å². The third-order valence-electron chi connectivity index (χ3n) is 7.04. The highest BCUT2D eigenvalue weighted by Gasteiger charge is 2.41. The van der Waals surface area contributed by atoms with E-state index < -0.39 is 17.6 Å². The van der Waals surface area contributed by atoms with Crippen molar-refractivity contribution < 1.29 is 19.1 Å². The van der Waals surface area contributed by atoms with Crippen molar-refractivity contribution in [2.24, 2.45) is 5.73 Å². The third-order valence-corrected chi connectivity index (χ3v) is 7.04. The Bertz CT molecular complexity index is 1220. The molecule has 0 aliphatic carbocycles. The number of ether oxygens (including phenoxy) is 2. The van der Waals surface area contributed by atoms with Crippen LogP contribution < -0.4 is 5.73 Å². The molecule has 2 N–H and O–H groups in total. The fraction of sp³-hybridized carbons (Fsp3) is 0.467. The van der Waals surface area contributed by atoms with Crippen LogP contribution in [0.3, 0.4) is 0 Å². The Morgan fingerprint density at radius 2 is 1.68 bits per heavy atom. The van der Waals surface area contributed by atoms with E-state index in [1.54, 1.807) is 11.9 Å². The normalized spacial score (nSPS) is 16.9. The SMILES string of the molecule is CC.CN(C)CC(=O)N(C)C(COCc1ccccc1)c1nnc2n1CCC(COC(N)=O)(c1ccccc1)C2. The molecule has 40 heavy (non-hydrogen) atoms. The number of carbonyl (C=O) groups excluding carboxylic acids is 2. The zero-order valence-corrected chi connectivity index (χ0v) is 24.2. The third kappa shape index (κ3) is 7.67. The molecule has 0 saturated carbocycles. The van der Waals surface area contributed by atoms with Gasteiger partial charge in [-0.3, -0.25) is 4.79 Å². The second-order valence-electron chi connectivity index (χ2n) is 10.1. The molecule has 2 unspecified atom stereocenters. The fourth-order valence-corrected chi connectivity index (χ4v) is 4.92. The van der Waals surface area contributed by atoms with E-state index in [1.165, 1.54) is 0 Å². The minimum atomic E-state index is -0.801. The van der Waals surface area contributed by atoms with Gasteiger partial charge in [-0.25, -0.2) is 4.79 Å². The maximum absolute atomic E-state index is 13.0. The van der Waals surface area contributed by atoms with Crippen molar-refractivity contribution in [1.82, 2.24) is 24.6 Å². The second kappa shape index (κ2) is 14.6. The highest BCUT2D eigenvalue weighted by Crippen LogP contribution is 2.37. The van der Waals surface area contributed by atoms with Gasteiger partial charge in [-0.2, -0.15) is 0 Å². The van der Waals surface area contributed by atoms with E-state index in [0.29, 0.717) is 31.8 Å². The van der Waals surface area contributed by atoms with Crippen LogP contribution in [0.25, 0.3) is 0 Å². The molecule has 10 nitrogen and oxygen atoms in total. The molecule has 216 valence electrons. The number of likely N-dealkylation sites (N-methyl/N-ethyl adjacent to an activating group) is 2. The van der Waals surface area contributed by atoms with Gasteiger partial charge in [-0.05, 0) is 31.6 Å². The number of aromatic nitrogens is 3. The summed E-state index contributed by atoms with van der Waals surface area (Å²) in [6.07, 6.45) is 0.407. The van der Waals surface area contributed by atoms with Crippen LogP contribution in [0, 0.1) is 0 Å². The fourth-order valence-electron chi connectivity index (χ4n) is 4.92. The van der Waals surface area contributed by atoms with E-state index in [9.17, 15) is 9.59 Å². The summed E-state index contributed by atoms with van der Waals surface area (Å²) in [5.74, 6) is 1.41. The van der Waals surface area contributed by atoms with Crippen molar-refractivity contribution in [3.8, 4) is 0 Å². The average Bonchev–Trinajstić information content (AvgIpc) is 3.38. The van der Waals surface area contributed by atoms with Crippen LogP contribution in [-0.2, 0) is 39.3 Å². The minimum Gasteiger partial charge on any atom is -0.449 e. The molecule has 10 heteroatoms. The smallest absolute Gasteiger partial charge is 0.404 e. The summed E-state index contributed by atoms with van der Waals surface area (Å²) in [6, 6.07) is 19.5. The molecule has 2 heterocycles. The standard InChI is InChI=1S/C28H36N6O4.C2H6/c1-32(2)17-25(35)33(3)23(19-37-18-21-10-6-4-7-11-21)26-31-30-24-16-28(14-15-34(24)26,20-38-27(29)36)22-12-8-5-9-13-22;1-2/h4-13,23H,14-20H2,1-3H3,(H2,29,36);1-2H3. The lowest BCUT2D eigenvalue weighted by molar-refractivity contribution is -0.134. The van der Waals surface area contributed by atoms with E-state index in [4.69, 9.17) is 15.2 Å². The first-order valence-corrected chi connectivity index (χ1v) is 13.7. The van der Waals surface area contributed by atoms with Crippen molar-refractivity contribution in [2.75, 3.05) is 40.9 Å². The highest BCUT2D eigenvalue weighted by molar-refractivity contribution is 5.78. The van der Waals surface area contributed by atoms with Crippen molar-refractivity contribution in [1.29, 1.82) is 0 Å². The van der Waals surface area contributed by atoms with Crippen LogP contribution in [0.15, 0.2) is 60.7 Å². The quantitative estimate of drug-likeness (QED) is 0.388. The Morgan fingerprint density at radius 3 is 2.30 bits per heavy atom. The lowest BCUT2D eigenvalue weighted by atomic mass is 9.73. The van der Waals surface area contributed by atoms with Gasteiger partial charge in [-0.15, -0.1) is 10.2 Å². The number of benzene rings is 2. The molecule has 1 aliphatic rings. The second-order valence-corrected chi connectivity index (χ2v) is 10.1. The van der Waals surface area contributed by atoms with Gasteiger partial charge in [0.15, 0.2) is 5.82 Å². The van der Waals surface area contributed by atoms with E-state index in [0.717, 1.165) is 17.0 Å². The number of carbonyl (C=O) groups is 2. The summed E-state index contributed by atoms with van der Waals surface area (Å²) < 4.78 is 13.5. The number of rotatable bonds is 11. The first-order valence-electron chi connectivity index (χ1n) is 13.7. The van der Waals surface area contributed by atoms with Gasteiger partial charge >= 0.3 is 6.09 Å². The number of nitrogens with two attached hydrogens (primary N) is 1. The predicted octanol–water partition coefficient (Wildman–Crippen LogP) is 3.56. The van der Waals surface area contributed by atoms with Crippen LogP contribution in [0.1, 0.15) is 49.1 Å². The minimum absolute atomic E-state index is 0.0371. The Kier molecular flexibility index (Phi) is 11.2. The highest BCUT2D eigenvalue weighted by atomic mass is 16.5. The first-order chi connectivity index (χ1) is 19.3. The van der Waals surface area contributed by atoms with Gasteiger partial charge in [0.2, 0.25) is 5.91 Å². The van der Waals surface area contributed by atoms with Crippen molar-refractivity contribution >= 4 is 12.0 Å². The van der Waals surface area contributed by atoms with Crippen LogP contribution in [0.4, 0.5) is 4.79 Å². The molecule has 1 aliphatic heterocycles. The summed E-state index contributed by atoms with van der Waals surface area (Å²) in [4.78, 5) is 28.1. The molecule has 0 radical (unpaired) electrons. The van der Waals surface area contributed by atoms with Gasteiger partial charge in [0.1, 0.15) is 18.5 Å². The first kappa shape index (κ1) is 30.8. The van der Waals surface area contributed by atoms with Gasteiger partial charge in [-0.1, -0.05) is 74.5 Å². The van der Waals surface area contributed by atoms with Crippen molar-refractivity contribution in [3.05, 3.63) is 83.4 Å². The summed E-state index contributed by atoms with van der Waals surface area (Å²) >= 11 is 0. The molecule has 0 saturated heterocycles. The van der Waals surface area contributed by atoms with Crippen molar-refractivity contribution in [2.45, 2.75) is 51.3 Å². The molecule has 2 atom stereocenters. The molecule has 1 aromatic heterocycles. The molecule has 0 fully saturated rings. The van der Waals surface area contributed by atoms with E-state index in [-0.39, 0.29) is 25.7 Å². The number of hydrogen-bond donors (Lipinski definition) is 1. The summed E-state index contributed by atoms with van der Waals surface area (Å²) in [5.41, 5.74) is 6.96. The number of primary amides is 1. The maximum Gasteiger partial charge on any atom is 0.404 e. The summed E-state index contributed by atoms with van der Waals surface area (Å²) in [5, 5.41) is 9.09. The van der Waals surface area contributed by atoms with E-state index in [2.05, 4.69) is 14.8 Å². The van der Waals surface area contributed by atoms with E-state index in [1.807, 2.05) is 93.5 Å². The summed E-state index contributed by atoms with van der Waals surface area (Å²) in [7, 11) is 5.51. The largest absolute Gasteiger partial charge is 0.449 e. The molecular weight excluding hydrogens is 508 g/mol. The predicted molar refractivity (Wildman–Crippen MR) is 154 cm³/mol. The van der Waals surface area contributed by atoms with Gasteiger partial charge in [0.25, 0.3) is 0 Å². The molecule has 3 aromatic rings. The lowest BCUT2D eigenvalue weighted by Gasteiger charge is -2.38. The Morgan fingerprint density at radius 1 is 1.02 bits per heavy atom. The number of fused-ring (bicyclic) bond motifs is 1. The Balaban J connectivity index is 0.00000216. The van der Waals surface area contributed by atoms with Gasteiger partial charge in [0.05, 0.1) is 19.8 Å². The molecule has 4 rings (SSSR count). The van der Waals surface area contributed by atoms with Crippen molar-refractivity contribution in [3.63, 3.8) is 0 Å². The van der Waals surface area contributed by atoms with Crippen LogP contribution in [0.2, 0.25) is 0 Å². The monoisotopic (exact) mass is 550 g/mol. The Hall–Kier alpha value is -3.76. The van der Waals surface area contributed by atoms with Crippen LogP contribution in [-0.4, -0.2) is 77.5 Å². The van der Waals surface area contributed by atoms with Gasteiger partial charge < -0.3 is 29.6 Å². The van der Waals surface area contributed by atoms with Crippen LogP contribution >= 0.6 is 0 Å². The summed E-state index contributed by atoms with van der Waals surface area (Å²) in [6.45, 7) is 5.72. The number of hydrogen-bond acceptors (Lipinski definition) is 7. The molecular formula is C30H42N6O4. The lowest BCUT2D eigenvalue weighted by Crippen LogP contribution is -2.43. The average molecular weight is 551 g/mol. The van der Waals surface area contributed by atoms with Crippen LogP contribution in [0.5, 0.6) is 0 Å². The number of nitrogens with zero attached hydrogens (tertiary/aromatic N) is 5. The molecule has 2 amide bonds. The number of amides is 2. The zero-order chi connectivity index (χ0) is 29.1. The molecule has 0 spiro atoms. The maximum atomic E-state index is 13.0. The molecule has 0 bridgehead atoms. The van der Waals surface area contributed by atoms with E-state index >= 15 is 0 Å². The van der Waals surface area contributed by atoms with Gasteiger partial charge in [0, 0.05) is 25.4 Å². The zero-order valence-electron chi connectivity index (χ0n) is 24.2.